The van der Waals surface area contributed by atoms with Crippen molar-refractivity contribution in [2.45, 2.75) is 52.2 Å². The van der Waals surface area contributed by atoms with Gasteiger partial charge in [0.15, 0.2) is 0 Å². The van der Waals surface area contributed by atoms with Crippen molar-refractivity contribution in [3.63, 3.8) is 0 Å². The van der Waals surface area contributed by atoms with Crippen LogP contribution in [0.1, 0.15) is 45.6 Å². The zero-order chi connectivity index (χ0) is 17.6. The van der Waals surface area contributed by atoms with Crippen molar-refractivity contribution in [2.24, 2.45) is 5.92 Å². The molecule has 0 spiro atoms. The molecule has 1 aliphatic heterocycles. The van der Waals surface area contributed by atoms with Crippen molar-refractivity contribution < 1.29 is 14.3 Å². The first-order valence-electron chi connectivity index (χ1n) is 8.49. The fourth-order valence-electron chi connectivity index (χ4n) is 2.70. The van der Waals surface area contributed by atoms with Gasteiger partial charge in [-0.05, 0) is 79.6 Å². The average molecular weight is 399 g/mol. The summed E-state index contributed by atoms with van der Waals surface area (Å²) in [6, 6.07) is 3.93. The minimum atomic E-state index is -0.427. The maximum atomic E-state index is 12.0. The number of carbonyl (C=O) groups excluding carboxylic acids is 1. The summed E-state index contributed by atoms with van der Waals surface area (Å²) in [5.74, 6) is 0.618. The number of likely N-dealkylation sites (tertiary alicyclic amines) is 1. The van der Waals surface area contributed by atoms with Gasteiger partial charge in [0.2, 0.25) is 0 Å². The molecule has 0 radical (unpaired) electrons. The molecule has 24 heavy (non-hydrogen) atoms. The lowest BCUT2D eigenvalue weighted by atomic mass is 9.94. The van der Waals surface area contributed by atoms with Crippen molar-refractivity contribution in [3.05, 3.63) is 28.5 Å². The number of hydrogen-bond acceptors (Lipinski definition) is 4. The van der Waals surface area contributed by atoms with E-state index < -0.39 is 5.60 Å². The van der Waals surface area contributed by atoms with Gasteiger partial charge < -0.3 is 14.4 Å². The monoisotopic (exact) mass is 398 g/mol. The Balaban J connectivity index is 1.62. The lowest BCUT2D eigenvalue weighted by Gasteiger charge is -2.33. The van der Waals surface area contributed by atoms with Gasteiger partial charge in [0.1, 0.15) is 10.2 Å². The molecule has 6 heteroatoms. The highest BCUT2D eigenvalue weighted by atomic mass is 79.9. The Hall–Kier alpha value is -1.14. The maximum absolute atomic E-state index is 12.0. The molecule has 1 fully saturated rings. The lowest BCUT2D eigenvalue weighted by molar-refractivity contribution is 0.0164. The number of carbonyl (C=O) groups is 1. The number of piperidine rings is 1. The van der Waals surface area contributed by atoms with Crippen LogP contribution in [0.5, 0.6) is 0 Å². The highest BCUT2D eigenvalue weighted by Gasteiger charge is 2.26. The Bertz CT molecular complexity index is 537. The molecule has 0 N–H and O–H groups in total. The Morgan fingerprint density at radius 1 is 1.38 bits per heavy atom. The van der Waals surface area contributed by atoms with Gasteiger partial charge in [-0.15, -0.1) is 0 Å². The number of amides is 1. The summed E-state index contributed by atoms with van der Waals surface area (Å²) in [5, 5.41) is 0. The van der Waals surface area contributed by atoms with Gasteiger partial charge in [0.05, 0.1) is 6.61 Å². The van der Waals surface area contributed by atoms with Crippen LogP contribution in [-0.4, -0.2) is 41.3 Å². The zero-order valence-corrected chi connectivity index (χ0v) is 16.3. The van der Waals surface area contributed by atoms with Crippen LogP contribution in [0.3, 0.4) is 0 Å². The first-order chi connectivity index (χ1) is 11.3. The topological polar surface area (TPSA) is 51.7 Å². The summed E-state index contributed by atoms with van der Waals surface area (Å²) in [6.07, 6.45) is 4.65. The third-order valence-electron chi connectivity index (χ3n) is 4.00. The molecule has 1 aromatic rings. The van der Waals surface area contributed by atoms with Crippen LogP contribution in [0.4, 0.5) is 4.79 Å². The number of ether oxygens (including phenoxy) is 2. The Labute approximate surface area is 152 Å². The SMILES string of the molecule is CC(C)(C)OC(=O)N1CCC(CCOCc2ccnc(Br)c2)CC1. The number of halogens is 1. The van der Waals surface area contributed by atoms with Gasteiger partial charge in [0, 0.05) is 25.9 Å². The van der Waals surface area contributed by atoms with Crippen molar-refractivity contribution in [3.8, 4) is 0 Å². The highest BCUT2D eigenvalue weighted by Crippen LogP contribution is 2.22. The standard InChI is InChI=1S/C18H27BrN2O3/c1-18(2,3)24-17(22)21-9-5-14(6-10-21)7-11-23-13-15-4-8-20-16(19)12-15/h4,8,12,14H,5-7,9-11,13H2,1-3H3. The van der Waals surface area contributed by atoms with E-state index in [1.807, 2.05) is 37.8 Å². The summed E-state index contributed by atoms with van der Waals surface area (Å²) < 4.78 is 12.0. The van der Waals surface area contributed by atoms with Crippen LogP contribution < -0.4 is 0 Å². The fourth-order valence-corrected chi connectivity index (χ4v) is 3.12. The largest absolute Gasteiger partial charge is 0.444 e. The molecule has 0 aromatic carbocycles. The van der Waals surface area contributed by atoms with E-state index >= 15 is 0 Å². The molecule has 0 atom stereocenters. The van der Waals surface area contributed by atoms with Gasteiger partial charge in [-0.2, -0.15) is 0 Å². The molecule has 0 unspecified atom stereocenters. The van der Waals surface area contributed by atoms with E-state index in [-0.39, 0.29) is 6.09 Å². The fraction of sp³-hybridized carbons (Fsp3) is 0.667. The van der Waals surface area contributed by atoms with E-state index in [4.69, 9.17) is 9.47 Å². The van der Waals surface area contributed by atoms with Crippen LogP contribution >= 0.6 is 15.9 Å². The molecule has 134 valence electrons. The van der Waals surface area contributed by atoms with E-state index in [2.05, 4.69) is 20.9 Å². The van der Waals surface area contributed by atoms with Crippen molar-refractivity contribution in [1.29, 1.82) is 0 Å². The second kappa shape index (κ2) is 8.81. The summed E-state index contributed by atoms with van der Waals surface area (Å²) in [5.41, 5.74) is 0.695. The minimum Gasteiger partial charge on any atom is -0.444 e. The second-order valence-electron chi connectivity index (χ2n) is 7.24. The number of hydrogen-bond donors (Lipinski definition) is 0. The summed E-state index contributed by atoms with van der Waals surface area (Å²) in [7, 11) is 0. The number of rotatable bonds is 5. The molecule has 0 saturated carbocycles. The van der Waals surface area contributed by atoms with E-state index in [1.165, 1.54) is 0 Å². The normalized spacial score (nSPS) is 16.2. The zero-order valence-electron chi connectivity index (χ0n) is 14.8. The van der Waals surface area contributed by atoms with E-state index in [1.54, 1.807) is 6.20 Å². The first-order valence-corrected chi connectivity index (χ1v) is 9.29. The maximum Gasteiger partial charge on any atom is 0.410 e. The van der Waals surface area contributed by atoms with Crippen LogP contribution in [-0.2, 0) is 16.1 Å². The third-order valence-corrected chi connectivity index (χ3v) is 4.43. The molecule has 0 bridgehead atoms. The molecule has 0 aliphatic carbocycles. The van der Waals surface area contributed by atoms with E-state index in [0.717, 1.165) is 49.1 Å². The number of pyridine rings is 1. The van der Waals surface area contributed by atoms with E-state index in [9.17, 15) is 4.79 Å². The van der Waals surface area contributed by atoms with Gasteiger partial charge >= 0.3 is 6.09 Å². The average Bonchev–Trinajstić information content (AvgIpc) is 2.50. The molecule has 1 aliphatic rings. The van der Waals surface area contributed by atoms with Crippen molar-refractivity contribution in [1.82, 2.24) is 9.88 Å². The quantitative estimate of drug-likeness (QED) is 0.544. The predicted molar refractivity (Wildman–Crippen MR) is 96.7 cm³/mol. The summed E-state index contributed by atoms with van der Waals surface area (Å²) >= 11 is 3.36. The van der Waals surface area contributed by atoms with Crippen LogP contribution in [0.2, 0.25) is 0 Å². The molecular formula is C18H27BrN2O3. The lowest BCUT2D eigenvalue weighted by Crippen LogP contribution is -2.41. The smallest absolute Gasteiger partial charge is 0.410 e. The Morgan fingerprint density at radius 3 is 2.71 bits per heavy atom. The molecule has 2 rings (SSSR count). The molecule has 1 aromatic heterocycles. The molecular weight excluding hydrogens is 372 g/mol. The van der Waals surface area contributed by atoms with Gasteiger partial charge in [-0.3, -0.25) is 0 Å². The predicted octanol–water partition coefficient (Wildman–Crippen LogP) is 4.40. The Morgan fingerprint density at radius 2 is 2.08 bits per heavy atom. The van der Waals surface area contributed by atoms with Crippen molar-refractivity contribution in [2.75, 3.05) is 19.7 Å². The van der Waals surface area contributed by atoms with Crippen LogP contribution in [0, 0.1) is 5.92 Å². The highest BCUT2D eigenvalue weighted by molar-refractivity contribution is 9.10. The summed E-state index contributed by atoms with van der Waals surface area (Å²) in [4.78, 5) is 18.0. The molecule has 5 nitrogen and oxygen atoms in total. The summed E-state index contributed by atoms with van der Waals surface area (Å²) in [6.45, 7) is 8.60. The Kier molecular flexibility index (Phi) is 7.04. The van der Waals surface area contributed by atoms with Gasteiger partial charge in [-0.1, -0.05) is 0 Å². The van der Waals surface area contributed by atoms with Gasteiger partial charge in [-0.25, -0.2) is 9.78 Å². The number of nitrogens with zero attached hydrogens (tertiary/aromatic N) is 2. The molecule has 2 heterocycles. The van der Waals surface area contributed by atoms with Gasteiger partial charge in [0.25, 0.3) is 0 Å². The van der Waals surface area contributed by atoms with E-state index in [0.29, 0.717) is 12.5 Å². The molecule has 1 amide bonds. The number of aromatic nitrogens is 1. The second-order valence-corrected chi connectivity index (χ2v) is 8.05. The van der Waals surface area contributed by atoms with Crippen LogP contribution in [0.25, 0.3) is 0 Å². The van der Waals surface area contributed by atoms with Crippen molar-refractivity contribution >= 4 is 22.0 Å². The minimum absolute atomic E-state index is 0.194. The molecule has 1 saturated heterocycles. The van der Waals surface area contributed by atoms with Crippen LogP contribution in [0.15, 0.2) is 22.9 Å². The third kappa shape index (κ3) is 6.77. The first kappa shape index (κ1) is 19.2.